The Balaban J connectivity index is 1.27. The average Bonchev–Trinajstić information content (AvgIpc) is 3.63. The van der Waals surface area contributed by atoms with Crippen LogP contribution >= 0.6 is 0 Å². The molecule has 1 saturated carbocycles. The van der Waals surface area contributed by atoms with Gasteiger partial charge in [0.05, 0.1) is 18.8 Å². The van der Waals surface area contributed by atoms with E-state index in [0.717, 1.165) is 24.0 Å². The van der Waals surface area contributed by atoms with Gasteiger partial charge in [0.2, 0.25) is 11.7 Å². The molecule has 12 heteroatoms. The van der Waals surface area contributed by atoms with Gasteiger partial charge in [-0.3, -0.25) is 14.4 Å². The molecule has 2 fully saturated rings. The number of benzene rings is 1. The molecule has 1 saturated heterocycles. The number of halogens is 2. The maximum atomic E-state index is 15.6. The molecule has 1 aliphatic heterocycles. The lowest BCUT2D eigenvalue weighted by molar-refractivity contribution is -0.120. The third-order valence-electron chi connectivity index (χ3n) is 7.18. The van der Waals surface area contributed by atoms with Crippen LogP contribution in [0, 0.1) is 17.6 Å². The lowest BCUT2D eigenvalue weighted by Crippen LogP contribution is -2.48. The number of aliphatic hydroxyl groups is 1. The van der Waals surface area contributed by atoms with E-state index in [1.807, 2.05) is 17.2 Å². The number of rotatable bonds is 10. The van der Waals surface area contributed by atoms with Crippen molar-refractivity contribution in [2.75, 3.05) is 36.4 Å². The molecule has 3 heterocycles. The van der Waals surface area contributed by atoms with E-state index < -0.39 is 17.8 Å². The number of nitrogens with one attached hydrogen (secondary N) is 1. The van der Waals surface area contributed by atoms with Gasteiger partial charge in [-0.2, -0.15) is 9.49 Å². The van der Waals surface area contributed by atoms with Gasteiger partial charge in [0.15, 0.2) is 11.6 Å². The number of β-amino-alcohol motifs (C(OH)–C–C–N with tert-alkyl or cyclic N) is 1. The van der Waals surface area contributed by atoms with Gasteiger partial charge < -0.3 is 21.1 Å². The van der Waals surface area contributed by atoms with Crippen molar-refractivity contribution in [3.63, 3.8) is 0 Å². The highest BCUT2D eigenvalue weighted by molar-refractivity contribution is 5.75. The summed E-state index contributed by atoms with van der Waals surface area (Å²) in [6.07, 6.45) is 6.49. The summed E-state index contributed by atoms with van der Waals surface area (Å²) in [5.41, 5.74) is 7.24. The Morgan fingerprint density at radius 2 is 2.05 bits per heavy atom. The average molecular weight is 527 g/mol. The third kappa shape index (κ3) is 5.91. The van der Waals surface area contributed by atoms with Crippen LogP contribution in [0.5, 0.6) is 0 Å². The van der Waals surface area contributed by atoms with Gasteiger partial charge >= 0.3 is 0 Å². The molecule has 0 radical (unpaired) electrons. The maximum absolute atomic E-state index is 15.6. The molecule has 4 N–H and O–H groups in total. The topological polar surface area (TPSA) is 125 Å². The molecular weight excluding hydrogens is 494 g/mol. The molecule has 1 aliphatic carbocycles. The SMILES string of the molecule is Cn1cc(-c2ccc(CN(c3ncnc(NCC4CCN(CC(N)=O)CC4O)c3F)C3CC3)c(F)c2)cn1. The van der Waals surface area contributed by atoms with Crippen molar-refractivity contribution < 1.29 is 18.7 Å². The number of amides is 1. The number of carbonyl (C=O) groups is 1. The van der Waals surface area contributed by atoms with Gasteiger partial charge in [0.25, 0.3) is 0 Å². The summed E-state index contributed by atoms with van der Waals surface area (Å²) in [5.74, 6) is -1.39. The predicted molar refractivity (Wildman–Crippen MR) is 138 cm³/mol. The van der Waals surface area contributed by atoms with Crippen molar-refractivity contribution in [1.82, 2.24) is 24.6 Å². The highest BCUT2D eigenvalue weighted by Crippen LogP contribution is 2.35. The second kappa shape index (κ2) is 11.0. The zero-order valence-corrected chi connectivity index (χ0v) is 21.2. The lowest BCUT2D eigenvalue weighted by atomic mass is 9.93. The number of piperidine rings is 1. The van der Waals surface area contributed by atoms with E-state index in [0.29, 0.717) is 31.6 Å². The van der Waals surface area contributed by atoms with Gasteiger partial charge in [0, 0.05) is 56.0 Å². The fraction of sp³-hybridized carbons (Fsp3) is 0.462. The van der Waals surface area contributed by atoms with E-state index in [1.165, 1.54) is 12.4 Å². The number of nitrogens with two attached hydrogens (primary N) is 1. The molecule has 10 nitrogen and oxygen atoms in total. The number of aromatic nitrogens is 4. The number of hydrogen-bond acceptors (Lipinski definition) is 8. The smallest absolute Gasteiger partial charge is 0.231 e. The molecule has 0 spiro atoms. The monoisotopic (exact) mass is 526 g/mol. The van der Waals surface area contributed by atoms with Crippen molar-refractivity contribution in [2.45, 2.75) is 38.0 Å². The van der Waals surface area contributed by atoms with Crippen molar-refractivity contribution in [2.24, 2.45) is 18.7 Å². The molecule has 202 valence electrons. The Hall–Kier alpha value is -3.64. The van der Waals surface area contributed by atoms with Crippen LogP contribution in [0.2, 0.25) is 0 Å². The number of hydrogen-bond donors (Lipinski definition) is 3. The largest absolute Gasteiger partial charge is 0.391 e. The van der Waals surface area contributed by atoms with Gasteiger partial charge in [-0.05, 0) is 37.4 Å². The Morgan fingerprint density at radius 3 is 2.71 bits per heavy atom. The molecule has 0 bridgehead atoms. The zero-order chi connectivity index (χ0) is 26.8. The van der Waals surface area contributed by atoms with Crippen LogP contribution in [0.3, 0.4) is 0 Å². The minimum atomic E-state index is -0.680. The van der Waals surface area contributed by atoms with E-state index in [-0.39, 0.29) is 42.5 Å². The molecule has 1 aromatic carbocycles. The van der Waals surface area contributed by atoms with Crippen LogP contribution in [0.4, 0.5) is 20.4 Å². The second-order valence-corrected chi connectivity index (χ2v) is 10.1. The molecule has 38 heavy (non-hydrogen) atoms. The highest BCUT2D eigenvalue weighted by atomic mass is 19.1. The number of aliphatic hydroxyl groups excluding tert-OH is 1. The summed E-state index contributed by atoms with van der Waals surface area (Å²) in [7, 11) is 1.80. The number of likely N-dealkylation sites (tertiary alicyclic amines) is 1. The Morgan fingerprint density at radius 1 is 1.24 bits per heavy atom. The van der Waals surface area contributed by atoms with E-state index in [1.54, 1.807) is 28.9 Å². The van der Waals surface area contributed by atoms with Gasteiger partial charge in [0.1, 0.15) is 12.1 Å². The summed E-state index contributed by atoms with van der Waals surface area (Å²) in [6, 6.07) is 5.10. The fourth-order valence-electron chi connectivity index (χ4n) is 4.93. The molecule has 3 aromatic rings. The van der Waals surface area contributed by atoms with Gasteiger partial charge in [-0.1, -0.05) is 12.1 Å². The fourth-order valence-corrected chi connectivity index (χ4v) is 4.93. The molecule has 2 aliphatic rings. The lowest BCUT2D eigenvalue weighted by Gasteiger charge is -2.35. The minimum absolute atomic E-state index is 0.0415. The van der Waals surface area contributed by atoms with Crippen LogP contribution < -0.4 is 16.0 Å². The third-order valence-corrected chi connectivity index (χ3v) is 7.18. The standard InChI is InChI=1S/C26H32F2N8O2/c1-34-11-19(10-33-34)16-2-3-18(21(27)8-16)12-36(20-4-5-20)26-24(28)25(31-15-32-26)30-9-17-6-7-35(13-22(17)37)14-23(29)38/h2-3,8,10-11,15,17,20,22,37H,4-7,9,12-14H2,1H3,(H2,29,38)(H,30,31,32). The van der Waals surface area contributed by atoms with Crippen LogP contribution in [0.25, 0.3) is 11.1 Å². The number of primary amides is 1. The summed E-state index contributed by atoms with van der Waals surface area (Å²) in [6.45, 7) is 1.53. The number of nitrogens with zero attached hydrogens (tertiary/aromatic N) is 6. The van der Waals surface area contributed by atoms with E-state index in [4.69, 9.17) is 5.73 Å². The van der Waals surface area contributed by atoms with Crippen LogP contribution in [0.15, 0.2) is 36.9 Å². The quantitative estimate of drug-likeness (QED) is 0.366. The summed E-state index contributed by atoms with van der Waals surface area (Å²) >= 11 is 0. The van der Waals surface area contributed by atoms with Crippen molar-refractivity contribution in [3.8, 4) is 11.1 Å². The Labute approximate surface area is 219 Å². The number of carbonyl (C=O) groups excluding carboxylic acids is 1. The number of anilines is 2. The van der Waals surface area contributed by atoms with E-state index in [9.17, 15) is 9.90 Å². The first-order valence-electron chi connectivity index (χ1n) is 12.8. The van der Waals surface area contributed by atoms with E-state index in [2.05, 4.69) is 20.4 Å². The summed E-state index contributed by atoms with van der Waals surface area (Å²) in [5, 5.41) is 17.7. The van der Waals surface area contributed by atoms with Crippen molar-refractivity contribution in [3.05, 3.63) is 54.1 Å². The van der Waals surface area contributed by atoms with Crippen LogP contribution in [-0.2, 0) is 18.4 Å². The highest BCUT2D eigenvalue weighted by Gasteiger charge is 2.34. The minimum Gasteiger partial charge on any atom is -0.391 e. The first-order chi connectivity index (χ1) is 18.3. The van der Waals surface area contributed by atoms with Crippen LogP contribution in [-0.4, -0.2) is 74.0 Å². The molecular formula is C26H32F2N8O2. The van der Waals surface area contributed by atoms with Gasteiger partial charge in [-0.15, -0.1) is 0 Å². The summed E-state index contributed by atoms with van der Waals surface area (Å²) in [4.78, 5) is 23.0. The number of aryl methyl sites for hydroxylation is 1. The molecule has 1 amide bonds. The Bertz CT molecular complexity index is 1300. The van der Waals surface area contributed by atoms with Crippen molar-refractivity contribution in [1.29, 1.82) is 0 Å². The second-order valence-electron chi connectivity index (χ2n) is 10.1. The first-order valence-corrected chi connectivity index (χ1v) is 12.8. The predicted octanol–water partition coefficient (Wildman–Crippen LogP) is 1.90. The first kappa shape index (κ1) is 26.0. The summed E-state index contributed by atoms with van der Waals surface area (Å²) < 4.78 is 32.4. The molecule has 2 atom stereocenters. The normalized spacial score (nSPS) is 19.9. The molecule has 5 rings (SSSR count). The van der Waals surface area contributed by atoms with Gasteiger partial charge in [-0.25, -0.2) is 14.4 Å². The van der Waals surface area contributed by atoms with Crippen molar-refractivity contribution >= 4 is 17.5 Å². The zero-order valence-electron chi connectivity index (χ0n) is 21.2. The Kier molecular flexibility index (Phi) is 7.52. The maximum Gasteiger partial charge on any atom is 0.231 e. The molecule has 2 unspecified atom stereocenters. The van der Waals surface area contributed by atoms with Crippen LogP contribution in [0.1, 0.15) is 24.8 Å². The van der Waals surface area contributed by atoms with E-state index >= 15 is 8.78 Å². The molecule has 2 aromatic heterocycles.